The molecule has 0 radical (unpaired) electrons. The molecule has 11 heavy (non-hydrogen) atoms. The van der Waals surface area contributed by atoms with Crippen LogP contribution < -0.4 is 5.73 Å². The number of hydrogen-bond donors (Lipinski definition) is 1. The number of hydrogen-bond acceptors (Lipinski definition) is 4. The van der Waals surface area contributed by atoms with E-state index in [1.807, 2.05) is 6.07 Å². The monoisotopic (exact) mass is 190 g/mol. The van der Waals surface area contributed by atoms with E-state index in [4.69, 9.17) is 5.73 Å². The van der Waals surface area contributed by atoms with Crippen LogP contribution in [0.1, 0.15) is 5.56 Å². The van der Waals surface area contributed by atoms with Gasteiger partial charge in [0.2, 0.25) is 0 Å². The van der Waals surface area contributed by atoms with Crippen molar-refractivity contribution in [2.24, 2.45) is 5.73 Å². The van der Waals surface area contributed by atoms with E-state index in [1.165, 1.54) is 0 Å². The van der Waals surface area contributed by atoms with E-state index in [1.54, 1.807) is 12.3 Å². The van der Waals surface area contributed by atoms with Gasteiger partial charge >= 0.3 is 0 Å². The summed E-state index contributed by atoms with van der Waals surface area (Å²) in [6.45, 7) is 0.473. The highest BCUT2D eigenvalue weighted by atomic mass is 33.1. The smallest absolute Gasteiger partial charge is 0.122 e. The predicted octanol–water partition coefficient (Wildman–Crippen LogP) is 2.17. The van der Waals surface area contributed by atoms with Crippen LogP contribution in [-0.2, 0) is 6.54 Å². The molecule has 0 aliphatic carbocycles. The molecular weight excluding hydrogens is 183 g/mol. The van der Waals surface area contributed by atoms with Gasteiger partial charge in [0.1, 0.15) is 16.2 Å². The van der Waals surface area contributed by atoms with Crippen LogP contribution in [0.25, 0.3) is 0 Å². The summed E-state index contributed by atoms with van der Waals surface area (Å²) in [5.41, 5.74) is 6.30. The van der Waals surface area contributed by atoms with Gasteiger partial charge in [-0.1, -0.05) is 6.07 Å². The Labute approximate surface area is 72.5 Å². The molecule has 0 spiro atoms. The van der Waals surface area contributed by atoms with Crippen LogP contribution in [0.4, 0.5) is 3.89 Å². The van der Waals surface area contributed by atoms with Crippen molar-refractivity contribution in [1.82, 2.24) is 4.98 Å². The summed E-state index contributed by atoms with van der Waals surface area (Å²) >= 11 is 0.191. The van der Waals surface area contributed by atoms with Crippen LogP contribution in [0.3, 0.4) is 0 Å². The van der Waals surface area contributed by atoms with Crippen molar-refractivity contribution in [2.45, 2.75) is 11.6 Å². The van der Waals surface area contributed by atoms with E-state index in [2.05, 4.69) is 4.98 Å². The van der Waals surface area contributed by atoms with Crippen molar-refractivity contribution in [2.75, 3.05) is 0 Å². The zero-order valence-corrected chi connectivity index (χ0v) is 7.29. The van der Waals surface area contributed by atoms with Crippen LogP contribution in [0.5, 0.6) is 0 Å². The van der Waals surface area contributed by atoms with Gasteiger partial charge in [0.15, 0.2) is 0 Å². The Balaban J connectivity index is 2.66. The number of nitrogens with two attached hydrogens (primary N) is 1. The third-order valence-electron chi connectivity index (χ3n) is 1.15. The molecule has 0 fully saturated rings. The van der Waals surface area contributed by atoms with Gasteiger partial charge < -0.3 is 5.73 Å². The van der Waals surface area contributed by atoms with Gasteiger partial charge in [-0.05, 0) is 22.4 Å². The molecule has 0 aromatic carbocycles. The van der Waals surface area contributed by atoms with Gasteiger partial charge in [-0.3, -0.25) is 0 Å². The van der Waals surface area contributed by atoms with E-state index in [9.17, 15) is 3.89 Å². The first-order valence-electron chi connectivity index (χ1n) is 2.97. The van der Waals surface area contributed by atoms with Gasteiger partial charge in [0.05, 0.1) is 0 Å². The minimum atomic E-state index is 0.191. The standard InChI is InChI=1S/C6H7FN2S2/c7-11-10-6-2-1-5(3-8)4-9-6/h1-2,4H,3,8H2. The minimum absolute atomic E-state index is 0.191. The lowest BCUT2D eigenvalue weighted by molar-refractivity contribution is 0.952. The first kappa shape index (κ1) is 8.83. The quantitative estimate of drug-likeness (QED) is 0.741. The van der Waals surface area contributed by atoms with E-state index in [0.717, 1.165) is 16.4 Å². The van der Waals surface area contributed by atoms with Crippen LogP contribution in [0, 0.1) is 0 Å². The predicted molar refractivity (Wildman–Crippen MR) is 46.7 cm³/mol. The van der Waals surface area contributed by atoms with Crippen molar-refractivity contribution in [1.29, 1.82) is 0 Å². The van der Waals surface area contributed by atoms with Crippen LogP contribution in [-0.4, -0.2) is 4.98 Å². The lowest BCUT2D eigenvalue weighted by Crippen LogP contribution is -1.96. The molecule has 1 aromatic rings. The molecule has 0 aliphatic rings. The van der Waals surface area contributed by atoms with E-state index in [0.29, 0.717) is 11.6 Å². The Morgan fingerprint density at radius 1 is 1.55 bits per heavy atom. The number of aromatic nitrogens is 1. The van der Waals surface area contributed by atoms with Crippen molar-refractivity contribution in [3.8, 4) is 0 Å². The summed E-state index contributed by atoms with van der Waals surface area (Å²) in [6.07, 6.45) is 1.65. The summed E-state index contributed by atoms with van der Waals surface area (Å²) in [5.74, 6) is 0. The Bertz CT molecular complexity index is 214. The molecule has 0 amide bonds. The van der Waals surface area contributed by atoms with Gasteiger partial charge in [0.25, 0.3) is 0 Å². The maximum absolute atomic E-state index is 11.7. The largest absolute Gasteiger partial charge is 0.326 e. The number of pyridine rings is 1. The molecule has 60 valence electrons. The molecule has 0 aliphatic heterocycles. The van der Waals surface area contributed by atoms with Crippen LogP contribution in [0.15, 0.2) is 23.4 Å². The number of rotatable bonds is 3. The zero-order chi connectivity index (χ0) is 8.10. The second-order valence-corrected chi connectivity index (χ2v) is 3.44. The molecular formula is C6H7FN2S2. The molecule has 0 saturated heterocycles. The van der Waals surface area contributed by atoms with Crippen molar-refractivity contribution in [3.05, 3.63) is 23.9 Å². The molecule has 0 unspecified atom stereocenters. The Kier molecular flexibility index (Phi) is 3.68. The van der Waals surface area contributed by atoms with Gasteiger partial charge in [0, 0.05) is 12.7 Å². The molecule has 1 aromatic heterocycles. The average Bonchev–Trinajstić information content (AvgIpc) is 2.07. The SMILES string of the molecule is NCc1ccc(SSF)nc1. The minimum Gasteiger partial charge on any atom is -0.326 e. The maximum Gasteiger partial charge on any atom is 0.122 e. The fourth-order valence-electron chi connectivity index (χ4n) is 0.613. The molecule has 2 N–H and O–H groups in total. The second-order valence-electron chi connectivity index (χ2n) is 1.86. The molecule has 0 atom stereocenters. The fourth-order valence-corrected chi connectivity index (χ4v) is 1.39. The Morgan fingerprint density at radius 3 is 2.82 bits per heavy atom. The zero-order valence-electron chi connectivity index (χ0n) is 5.66. The highest BCUT2D eigenvalue weighted by Gasteiger charge is 1.95. The van der Waals surface area contributed by atoms with Gasteiger partial charge in [-0.25, -0.2) is 4.98 Å². The van der Waals surface area contributed by atoms with Crippen molar-refractivity contribution < 1.29 is 3.89 Å². The summed E-state index contributed by atoms with van der Waals surface area (Å²) in [6, 6.07) is 3.59. The third kappa shape index (κ3) is 2.69. The van der Waals surface area contributed by atoms with Crippen molar-refractivity contribution in [3.63, 3.8) is 0 Å². The summed E-state index contributed by atoms with van der Waals surface area (Å²) in [7, 11) is 0.993. The number of halogens is 1. The molecule has 1 rings (SSSR count). The molecule has 5 heteroatoms. The molecule has 0 bridgehead atoms. The van der Waals surface area contributed by atoms with E-state index in [-0.39, 0.29) is 11.2 Å². The van der Waals surface area contributed by atoms with Crippen LogP contribution in [0.2, 0.25) is 0 Å². The van der Waals surface area contributed by atoms with E-state index < -0.39 is 0 Å². The molecule has 0 saturated carbocycles. The lowest BCUT2D eigenvalue weighted by atomic mass is 10.3. The molecule has 1 heterocycles. The topological polar surface area (TPSA) is 38.9 Å². The highest BCUT2D eigenvalue weighted by Crippen LogP contribution is 2.29. The normalized spacial score (nSPS) is 10.0. The van der Waals surface area contributed by atoms with Gasteiger partial charge in [-0.2, -0.15) is 3.89 Å². The van der Waals surface area contributed by atoms with Crippen LogP contribution >= 0.6 is 22.0 Å². The highest BCUT2D eigenvalue weighted by molar-refractivity contribution is 8.74. The summed E-state index contributed by atoms with van der Waals surface area (Å²) in [4.78, 5) is 3.96. The van der Waals surface area contributed by atoms with E-state index >= 15 is 0 Å². The maximum atomic E-state index is 11.7. The first-order chi connectivity index (χ1) is 5.36. The molecule has 2 nitrogen and oxygen atoms in total. The summed E-state index contributed by atoms with van der Waals surface area (Å²) < 4.78 is 11.7. The second kappa shape index (κ2) is 4.58. The fraction of sp³-hybridized carbons (Fsp3) is 0.167. The lowest BCUT2D eigenvalue weighted by Gasteiger charge is -1.96. The Morgan fingerprint density at radius 2 is 2.36 bits per heavy atom. The third-order valence-corrected chi connectivity index (χ3v) is 2.33. The Hall–Kier alpha value is -0.260. The van der Waals surface area contributed by atoms with Gasteiger partial charge in [-0.15, -0.1) is 0 Å². The number of nitrogens with zero attached hydrogens (tertiary/aromatic N) is 1. The van der Waals surface area contributed by atoms with Crippen molar-refractivity contribution >= 4 is 22.0 Å². The summed E-state index contributed by atoms with van der Waals surface area (Å²) in [5, 5.41) is 0.662. The first-order valence-corrected chi connectivity index (χ1v) is 5.02. The average molecular weight is 190 g/mol.